The van der Waals surface area contributed by atoms with Gasteiger partial charge in [0.05, 0.1) is 0 Å². The number of aliphatic hydroxyl groups excluding tert-OH is 1. The van der Waals surface area contributed by atoms with Crippen molar-refractivity contribution >= 4 is 0 Å². The number of rotatable bonds is 4. The van der Waals surface area contributed by atoms with Gasteiger partial charge in [-0.05, 0) is 37.2 Å². The molecule has 2 rings (SSSR count). The van der Waals surface area contributed by atoms with Crippen LogP contribution in [0.2, 0.25) is 0 Å². The maximum Gasteiger partial charge on any atom is 0.414 e. The molecule has 2 nitrogen and oxygen atoms in total. The lowest BCUT2D eigenvalue weighted by Crippen LogP contribution is -2.41. The molecule has 0 spiro atoms. The zero-order chi connectivity index (χ0) is 14.6. The van der Waals surface area contributed by atoms with E-state index in [0.29, 0.717) is 25.7 Å². The maximum absolute atomic E-state index is 12.4. The Morgan fingerprint density at radius 1 is 1.10 bits per heavy atom. The number of alkyl halides is 3. The minimum Gasteiger partial charge on any atom is -0.383 e. The van der Waals surface area contributed by atoms with Crippen molar-refractivity contribution < 1.29 is 18.3 Å². The Labute approximate surface area is 117 Å². The first-order valence-corrected chi connectivity index (χ1v) is 6.99. The average Bonchev–Trinajstić information content (AvgIpc) is 2.45. The van der Waals surface area contributed by atoms with Gasteiger partial charge in [-0.15, -0.1) is 0 Å². The van der Waals surface area contributed by atoms with Crippen LogP contribution in [0.4, 0.5) is 13.2 Å². The van der Waals surface area contributed by atoms with Crippen molar-refractivity contribution in [3.8, 4) is 0 Å². The first-order chi connectivity index (χ1) is 9.47. The third-order valence-electron chi connectivity index (χ3n) is 3.99. The molecule has 0 heterocycles. The van der Waals surface area contributed by atoms with Gasteiger partial charge >= 0.3 is 6.18 Å². The molecule has 2 N–H and O–H groups in total. The zero-order valence-electron chi connectivity index (χ0n) is 11.2. The summed E-state index contributed by atoms with van der Waals surface area (Å²) in [7, 11) is 0. The van der Waals surface area contributed by atoms with Crippen LogP contribution in [0, 0.1) is 5.92 Å². The van der Waals surface area contributed by atoms with E-state index in [4.69, 9.17) is 0 Å². The van der Waals surface area contributed by atoms with Crippen molar-refractivity contribution in [2.75, 3.05) is 0 Å². The first-order valence-electron chi connectivity index (χ1n) is 6.99. The van der Waals surface area contributed by atoms with Crippen LogP contribution in [-0.2, 0) is 6.54 Å². The topological polar surface area (TPSA) is 32.3 Å². The highest BCUT2D eigenvalue weighted by atomic mass is 19.4. The molecule has 0 amide bonds. The molecule has 1 fully saturated rings. The molecule has 112 valence electrons. The highest BCUT2D eigenvalue weighted by molar-refractivity contribution is 5.14. The molecular formula is C15H20F3NO. The van der Waals surface area contributed by atoms with E-state index in [0.717, 1.165) is 6.54 Å². The number of nitrogens with one attached hydrogen (secondary N) is 1. The minimum atomic E-state index is -4.49. The number of halogens is 3. The van der Waals surface area contributed by atoms with Gasteiger partial charge in [-0.2, -0.15) is 13.2 Å². The molecule has 0 bridgehead atoms. The van der Waals surface area contributed by atoms with Gasteiger partial charge in [0.1, 0.15) is 0 Å². The zero-order valence-corrected chi connectivity index (χ0v) is 11.2. The maximum atomic E-state index is 12.4. The highest BCUT2D eigenvalue weighted by Gasteiger charge is 2.44. The fourth-order valence-electron chi connectivity index (χ4n) is 2.76. The van der Waals surface area contributed by atoms with Gasteiger partial charge in [-0.25, -0.2) is 0 Å². The van der Waals surface area contributed by atoms with Crippen LogP contribution < -0.4 is 5.32 Å². The summed E-state index contributed by atoms with van der Waals surface area (Å²) in [6, 6.07) is 10.2. The number of hydrogen-bond donors (Lipinski definition) is 2. The Balaban J connectivity index is 1.75. The van der Waals surface area contributed by atoms with Gasteiger partial charge in [0.2, 0.25) is 0 Å². The minimum absolute atomic E-state index is 0.242. The molecule has 1 saturated carbocycles. The van der Waals surface area contributed by atoms with Crippen LogP contribution in [0.5, 0.6) is 0 Å². The summed E-state index contributed by atoms with van der Waals surface area (Å²) >= 11 is 0. The summed E-state index contributed by atoms with van der Waals surface area (Å²) < 4.78 is 37.3. The third kappa shape index (κ3) is 4.21. The van der Waals surface area contributed by atoms with Gasteiger partial charge in [-0.3, -0.25) is 0 Å². The number of benzene rings is 1. The molecule has 1 aliphatic rings. The number of hydrogen-bond acceptors (Lipinski definition) is 2. The van der Waals surface area contributed by atoms with E-state index in [1.165, 1.54) is 5.56 Å². The van der Waals surface area contributed by atoms with Gasteiger partial charge in [-0.1, -0.05) is 30.3 Å². The molecule has 1 aliphatic carbocycles. The van der Waals surface area contributed by atoms with E-state index in [1.807, 2.05) is 30.3 Å². The normalized spacial score (nSPS) is 25.4. The molecule has 1 aromatic carbocycles. The standard InChI is InChI=1S/C15H20F3NO/c16-15(17,18)14(20)12-6-8-13(9-7-12)19-10-11-4-2-1-3-5-11/h1-5,12-14,19-20H,6-10H2/t12-,13+,14?. The second-order valence-electron chi connectivity index (χ2n) is 5.46. The monoisotopic (exact) mass is 287 g/mol. The SMILES string of the molecule is OC([C@H]1CC[C@@H](NCc2ccccc2)CC1)C(F)(F)F. The molecule has 0 saturated heterocycles. The second-order valence-corrected chi connectivity index (χ2v) is 5.46. The van der Waals surface area contributed by atoms with Crippen LogP contribution >= 0.6 is 0 Å². The lowest BCUT2D eigenvalue weighted by molar-refractivity contribution is -0.222. The molecule has 0 radical (unpaired) electrons. The second kappa shape index (κ2) is 6.59. The molecular weight excluding hydrogens is 267 g/mol. The van der Waals surface area contributed by atoms with Gasteiger partial charge in [0.25, 0.3) is 0 Å². The predicted molar refractivity (Wildman–Crippen MR) is 71.1 cm³/mol. The van der Waals surface area contributed by atoms with E-state index >= 15 is 0 Å². The molecule has 1 atom stereocenters. The largest absolute Gasteiger partial charge is 0.414 e. The summed E-state index contributed by atoms with van der Waals surface area (Å²) in [6.45, 7) is 0.734. The van der Waals surface area contributed by atoms with Gasteiger partial charge < -0.3 is 10.4 Å². The van der Waals surface area contributed by atoms with Crippen molar-refractivity contribution in [2.24, 2.45) is 5.92 Å². The van der Waals surface area contributed by atoms with Gasteiger partial charge in [0, 0.05) is 12.6 Å². The van der Waals surface area contributed by atoms with E-state index in [1.54, 1.807) is 0 Å². The Bertz CT molecular complexity index is 399. The summed E-state index contributed by atoms with van der Waals surface area (Å²) in [5.74, 6) is -0.648. The lowest BCUT2D eigenvalue weighted by atomic mass is 9.82. The first kappa shape index (κ1) is 15.3. The molecule has 0 aliphatic heterocycles. The molecule has 5 heteroatoms. The Morgan fingerprint density at radius 2 is 1.70 bits per heavy atom. The number of aliphatic hydroxyl groups is 1. The van der Waals surface area contributed by atoms with E-state index in [-0.39, 0.29) is 6.04 Å². The van der Waals surface area contributed by atoms with Crippen LogP contribution in [0.3, 0.4) is 0 Å². The van der Waals surface area contributed by atoms with E-state index in [9.17, 15) is 18.3 Å². The van der Waals surface area contributed by atoms with Crippen LogP contribution in [0.15, 0.2) is 30.3 Å². The van der Waals surface area contributed by atoms with Crippen molar-refractivity contribution in [3.63, 3.8) is 0 Å². The van der Waals surface area contributed by atoms with Crippen molar-refractivity contribution in [2.45, 2.75) is 50.6 Å². The summed E-state index contributed by atoms with van der Waals surface area (Å²) in [5, 5.41) is 12.6. The highest BCUT2D eigenvalue weighted by Crippen LogP contribution is 2.34. The van der Waals surface area contributed by atoms with Crippen molar-refractivity contribution in [1.29, 1.82) is 0 Å². The average molecular weight is 287 g/mol. The van der Waals surface area contributed by atoms with Crippen LogP contribution in [-0.4, -0.2) is 23.4 Å². The Hall–Kier alpha value is -1.07. The van der Waals surface area contributed by atoms with Crippen LogP contribution in [0.25, 0.3) is 0 Å². The quantitative estimate of drug-likeness (QED) is 0.891. The Morgan fingerprint density at radius 3 is 2.25 bits per heavy atom. The molecule has 1 aromatic rings. The smallest absolute Gasteiger partial charge is 0.383 e. The fourth-order valence-corrected chi connectivity index (χ4v) is 2.76. The van der Waals surface area contributed by atoms with E-state index < -0.39 is 18.2 Å². The third-order valence-corrected chi connectivity index (χ3v) is 3.99. The molecule has 1 unspecified atom stereocenters. The summed E-state index contributed by atoms with van der Waals surface area (Å²) in [5.41, 5.74) is 1.17. The predicted octanol–water partition coefficient (Wildman–Crippen LogP) is 3.26. The fraction of sp³-hybridized carbons (Fsp3) is 0.600. The Kier molecular flexibility index (Phi) is 5.05. The molecule has 0 aromatic heterocycles. The summed E-state index contributed by atoms with van der Waals surface area (Å²) in [4.78, 5) is 0. The lowest BCUT2D eigenvalue weighted by Gasteiger charge is -2.32. The van der Waals surface area contributed by atoms with Crippen molar-refractivity contribution in [3.05, 3.63) is 35.9 Å². The van der Waals surface area contributed by atoms with Crippen molar-refractivity contribution in [1.82, 2.24) is 5.32 Å². The van der Waals surface area contributed by atoms with Crippen LogP contribution in [0.1, 0.15) is 31.2 Å². The summed E-state index contributed by atoms with van der Waals surface area (Å²) in [6.07, 6.45) is -4.44. The molecule has 20 heavy (non-hydrogen) atoms. The van der Waals surface area contributed by atoms with Gasteiger partial charge in [0.15, 0.2) is 6.10 Å². The van der Waals surface area contributed by atoms with E-state index in [2.05, 4.69) is 5.32 Å².